The summed E-state index contributed by atoms with van der Waals surface area (Å²) in [5.41, 5.74) is 1.05. The van der Waals surface area contributed by atoms with Crippen molar-refractivity contribution in [3.8, 4) is 0 Å². The van der Waals surface area contributed by atoms with Gasteiger partial charge in [-0.3, -0.25) is 0 Å². The van der Waals surface area contributed by atoms with Crippen LogP contribution in [0.5, 0.6) is 0 Å². The van der Waals surface area contributed by atoms with E-state index in [-0.39, 0.29) is 0 Å². The summed E-state index contributed by atoms with van der Waals surface area (Å²) in [7, 11) is 0. The molecule has 0 aliphatic carbocycles. The lowest BCUT2D eigenvalue weighted by Gasteiger charge is -2.11. The van der Waals surface area contributed by atoms with E-state index in [2.05, 4.69) is 40.0 Å². The zero-order chi connectivity index (χ0) is 8.97. The van der Waals surface area contributed by atoms with Crippen molar-refractivity contribution in [2.24, 2.45) is 5.92 Å². The van der Waals surface area contributed by atoms with Gasteiger partial charge in [0, 0.05) is 17.4 Å². The third-order valence-corrected chi connectivity index (χ3v) is 3.14. The Labute approximate surface area is 81.5 Å². The van der Waals surface area contributed by atoms with Gasteiger partial charge in [0.2, 0.25) is 0 Å². The second-order valence-electron chi connectivity index (χ2n) is 3.18. The van der Waals surface area contributed by atoms with Crippen LogP contribution >= 0.6 is 15.9 Å². The monoisotopic (exact) mass is 228 g/mol. The molecule has 3 heteroatoms. The van der Waals surface area contributed by atoms with E-state index in [0.717, 1.165) is 12.1 Å². The predicted octanol–water partition coefficient (Wildman–Crippen LogP) is 2.44. The van der Waals surface area contributed by atoms with Crippen LogP contribution in [0.15, 0.2) is 18.3 Å². The maximum atomic E-state index is 4.02. The van der Waals surface area contributed by atoms with Crippen molar-refractivity contribution < 1.29 is 0 Å². The molecule has 1 rings (SSSR count). The number of alkyl halides is 1. The van der Waals surface area contributed by atoms with Crippen LogP contribution in [-0.2, 0) is 6.42 Å². The van der Waals surface area contributed by atoms with E-state index >= 15 is 0 Å². The summed E-state index contributed by atoms with van der Waals surface area (Å²) in [4.78, 5) is 0.495. The van der Waals surface area contributed by atoms with Gasteiger partial charge in [0.05, 0.1) is 5.69 Å². The molecule has 1 unspecified atom stereocenters. The zero-order valence-electron chi connectivity index (χ0n) is 7.37. The third kappa shape index (κ3) is 2.89. The quantitative estimate of drug-likeness (QED) is 0.744. The van der Waals surface area contributed by atoms with Crippen LogP contribution in [-0.4, -0.2) is 15.0 Å². The van der Waals surface area contributed by atoms with Crippen molar-refractivity contribution in [3.63, 3.8) is 0 Å². The number of hydrogen-bond acceptors (Lipinski definition) is 2. The van der Waals surface area contributed by atoms with E-state index in [4.69, 9.17) is 0 Å². The van der Waals surface area contributed by atoms with E-state index in [0.29, 0.717) is 10.7 Å². The summed E-state index contributed by atoms with van der Waals surface area (Å²) < 4.78 is 0. The summed E-state index contributed by atoms with van der Waals surface area (Å²) in [6.45, 7) is 4.38. The fraction of sp³-hybridized carbons (Fsp3) is 0.556. The molecule has 1 atom stereocenters. The number of nitrogens with zero attached hydrogens (tertiary/aromatic N) is 2. The van der Waals surface area contributed by atoms with Gasteiger partial charge in [-0.15, -0.1) is 0 Å². The Hall–Kier alpha value is -0.440. The molecule has 0 saturated heterocycles. The van der Waals surface area contributed by atoms with E-state index in [1.54, 1.807) is 6.20 Å². The van der Waals surface area contributed by atoms with Gasteiger partial charge in [-0.1, -0.05) is 29.8 Å². The molecule has 0 fully saturated rings. The Morgan fingerprint density at radius 1 is 1.50 bits per heavy atom. The third-order valence-electron chi connectivity index (χ3n) is 1.76. The molecule has 12 heavy (non-hydrogen) atoms. The van der Waals surface area contributed by atoms with Gasteiger partial charge in [0.1, 0.15) is 0 Å². The van der Waals surface area contributed by atoms with E-state index in [1.165, 1.54) is 0 Å². The van der Waals surface area contributed by atoms with Gasteiger partial charge in [-0.05, 0) is 18.1 Å². The Morgan fingerprint density at radius 2 is 2.25 bits per heavy atom. The van der Waals surface area contributed by atoms with E-state index in [1.807, 2.05) is 12.1 Å². The SMILES string of the molecule is CC(C)C(Br)Cc1cccnn1. The van der Waals surface area contributed by atoms with Crippen LogP contribution < -0.4 is 0 Å². The fourth-order valence-corrected chi connectivity index (χ4v) is 1.21. The normalized spacial score (nSPS) is 13.3. The highest BCUT2D eigenvalue weighted by atomic mass is 79.9. The summed E-state index contributed by atoms with van der Waals surface area (Å²) >= 11 is 3.61. The van der Waals surface area contributed by atoms with E-state index < -0.39 is 0 Å². The largest absolute Gasteiger partial charge is 0.159 e. The van der Waals surface area contributed by atoms with Gasteiger partial charge >= 0.3 is 0 Å². The first-order valence-electron chi connectivity index (χ1n) is 4.11. The van der Waals surface area contributed by atoms with Crippen LogP contribution in [0, 0.1) is 5.92 Å². The summed E-state index contributed by atoms with van der Waals surface area (Å²) in [5, 5.41) is 7.85. The van der Waals surface area contributed by atoms with Crippen molar-refractivity contribution in [2.75, 3.05) is 0 Å². The second kappa shape index (κ2) is 4.55. The maximum absolute atomic E-state index is 4.02. The molecular weight excluding hydrogens is 216 g/mol. The minimum atomic E-state index is 0.495. The lowest BCUT2D eigenvalue weighted by atomic mass is 10.1. The fourth-order valence-electron chi connectivity index (χ4n) is 0.878. The van der Waals surface area contributed by atoms with Crippen molar-refractivity contribution in [1.82, 2.24) is 10.2 Å². The number of hydrogen-bond donors (Lipinski definition) is 0. The van der Waals surface area contributed by atoms with Crippen LogP contribution in [0.4, 0.5) is 0 Å². The highest BCUT2D eigenvalue weighted by molar-refractivity contribution is 9.09. The molecule has 0 aliphatic rings. The minimum absolute atomic E-state index is 0.495. The molecule has 0 N–H and O–H groups in total. The molecule has 66 valence electrons. The number of rotatable bonds is 3. The minimum Gasteiger partial charge on any atom is -0.159 e. The maximum Gasteiger partial charge on any atom is 0.0642 e. The van der Waals surface area contributed by atoms with Gasteiger partial charge in [-0.25, -0.2) is 0 Å². The van der Waals surface area contributed by atoms with Gasteiger partial charge < -0.3 is 0 Å². The predicted molar refractivity (Wildman–Crippen MR) is 53.3 cm³/mol. The first-order valence-corrected chi connectivity index (χ1v) is 5.02. The molecular formula is C9H13BrN2. The first-order chi connectivity index (χ1) is 5.70. The summed E-state index contributed by atoms with van der Waals surface area (Å²) in [5.74, 6) is 0.631. The first kappa shape index (κ1) is 9.65. The Kier molecular flexibility index (Phi) is 3.66. The van der Waals surface area contributed by atoms with Crippen LogP contribution in [0.2, 0.25) is 0 Å². The molecule has 0 aromatic carbocycles. The molecule has 0 aliphatic heterocycles. The average Bonchev–Trinajstić information content (AvgIpc) is 2.06. The lowest BCUT2D eigenvalue weighted by Crippen LogP contribution is -2.11. The number of aromatic nitrogens is 2. The van der Waals surface area contributed by atoms with Crippen LogP contribution in [0.25, 0.3) is 0 Å². The van der Waals surface area contributed by atoms with Gasteiger partial charge in [0.15, 0.2) is 0 Å². The molecule has 1 aromatic rings. The highest BCUT2D eigenvalue weighted by Gasteiger charge is 2.10. The standard InChI is InChI=1S/C9H13BrN2/c1-7(2)9(10)6-8-4-3-5-11-12-8/h3-5,7,9H,6H2,1-2H3. The average molecular weight is 229 g/mol. The molecule has 0 saturated carbocycles. The molecule has 1 aromatic heterocycles. The summed E-state index contributed by atoms with van der Waals surface area (Å²) in [6, 6.07) is 3.92. The van der Waals surface area contributed by atoms with Crippen LogP contribution in [0.1, 0.15) is 19.5 Å². The number of halogens is 1. The van der Waals surface area contributed by atoms with Crippen molar-refractivity contribution in [3.05, 3.63) is 24.0 Å². The van der Waals surface area contributed by atoms with Gasteiger partial charge in [0.25, 0.3) is 0 Å². The second-order valence-corrected chi connectivity index (χ2v) is 4.36. The van der Waals surface area contributed by atoms with Crippen molar-refractivity contribution in [1.29, 1.82) is 0 Å². The van der Waals surface area contributed by atoms with Crippen LogP contribution in [0.3, 0.4) is 0 Å². The Balaban J connectivity index is 2.53. The smallest absolute Gasteiger partial charge is 0.0642 e. The highest BCUT2D eigenvalue weighted by Crippen LogP contribution is 2.15. The molecule has 1 heterocycles. The van der Waals surface area contributed by atoms with E-state index in [9.17, 15) is 0 Å². The van der Waals surface area contributed by atoms with Crippen molar-refractivity contribution in [2.45, 2.75) is 25.1 Å². The topological polar surface area (TPSA) is 25.8 Å². The summed E-state index contributed by atoms with van der Waals surface area (Å²) in [6.07, 6.45) is 2.65. The molecule has 2 nitrogen and oxygen atoms in total. The molecule has 0 amide bonds. The van der Waals surface area contributed by atoms with Gasteiger partial charge in [-0.2, -0.15) is 10.2 Å². The molecule has 0 bridgehead atoms. The molecule has 0 radical (unpaired) electrons. The molecule has 0 spiro atoms. The van der Waals surface area contributed by atoms with Crippen molar-refractivity contribution >= 4 is 15.9 Å². The Bertz CT molecular complexity index is 223. The Morgan fingerprint density at radius 3 is 2.75 bits per heavy atom. The zero-order valence-corrected chi connectivity index (χ0v) is 8.95. The lowest BCUT2D eigenvalue weighted by molar-refractivity contribution is 0.604.